The molecule has 0 aliphatic rings. The van der Waals surface area contributed by atoms with E-state index in [-0.39, 0.29) is 11.4 Å². The first kappa shape index (κ1) is 14.7. The minimum Gasteiger partial charge on any atom is -0.283 e. The maximum Gasteiger partial charge on any atom is 0.253 e. The summed E-state index contributed by atoms with van der Waals surface area (Å²) >= 11 is 0. The molecular formula is C18H13N3O2. The fourth-order valence-corrected chi connectivity index (χ4v) is 2.12. The van der Waals surface area contributed by atoms with Gasteiger partial charge in [-0.25, -0.2) is 4.98 Å². The third-order valence-corrected chi connectivity index (χ3v) is 3.24. The summed E-state index contributed by atoms with van der Waals surface area (Å²) in [6, 6.07) is 15.4. The van der Waals surface area contributed by atoms with Crippen LogP contribution in [0.1, 0.15) is 26.7 Å². The van der Waals surface area contributed by atoms with Crippen molar-refractivity contribution in [2.24, 2.45) is 0 Å². The number of hydrogen-bond acceptors (Lipinski definition) is 5. The maximum absolute atomic E-state index is 12.3. The first-order valence-corrected chi connectivity index (χ1v) is 7.06. The average molecular weight is 303 g/mol. The molecule has 0 fully saturated rings. The Kier molecular flexibility index (Phi) is 4.01. The molecule has 0 amide bonds. The van der Waals surface area contributed by atoms with Crippen molar-refractivity contribution in [2.45, 2.75) is 6.92 Å². The summed E-state index contributed by atoms with van der Waals surface area (Å²) in [5.74, 6) is -1.36. The number of hydrogen-bond donors (Lipinski definition) is 0. The molecule has 5 nitrogen and oxygen atoms in total. The van der Waals surface area contributed by atoms with Crippen molar-refractivity contribution in [3.8, 4) is 11.4 Å². The van der Waals surface area contributed by atoms with Crippen LogP contribution in [0.15, 0.2) is 60.8 Å². The van der Waals surface area contributed by atoms with Gasteiger partial charge in [-0.05, 0) is 43.3 Å². The van der Waals surface area contributed by atoms with Gasteiger partial charge < -0.3 is 0 Å². The van der Waals surface area contributed by atoms with Crippen LogP contribution in [0.4, 0.5) is 0 Å². The van der Waals surface area contributed by atoms with E-state index in [1.165, 1.54) is 18.3 Å². The lowest BCUT2D eigenvalue weighted by Gasteiger charge is -2.04. The summed E-state index contributed by atoms with van der Waals surface area (Å²) in [6.45, 7) is 1.88. The van der Waals surface area contributed by atoms with E-state index in [0.717, 1.165) is 5.69 Å². The Bertz CT molecular complexity index is 876. The van der Waals surface area contributed by atoms with Gasteiger partial charge in [0.1, 0.15) is 11.4 Å². The van der Waals surface area contributed by atoms with Crippen LogP contribution in [0.2, 0.25) is 0 Å². The number of pyridine rings is 3. The molecule has 3 aromatic rings. The van der Waals surface area contributed by atoms with Crippen molar-refractivity contribution < 1.29 is 9.59 Å². The molecular weight excluding hydrogens is 290 g/mol. The molecule has 3 aromatic heterocycles. The molecule has 0 spiro atoms. The van der Waals surface area contributed by atoms with Crippen molar-refractivity contribution >= 4 is 11.6 Å². The number of aromatic nitrogens is 3. The number of rotatable bonds is 4. The van der Waals surface area contributed by atoms with E-state index in [2.05, 4.69) is 15.0 Å². The molecule has 3 rings (SSSR count). The van der Waals surface area contributed by atoms with Crippen LogP contribution in [-0.4, -0.2) is 26.5 Å². The van der Waals surface area contributed by atoms with Gasteiger partial charge in [-0.2, -0.15) is 0 Å². The predicted octanol–water partition coefficient (Wildman–Crippen LogP) is 2.91. The second kappa shape index (κ2) is 6.27. The minimum atomic E-state index is -0.682. The standard InChI is InChI=1S/C18H13N3O2/c1-12-6-4-8-13(20-12)14-9-5-10-16(21-14)18(23)17(22)15-7-2-3-11-19-15/h2-11H,1H3. The SMILES string of the molecule is Cc1cccc(-c2cccc(C(=O)C(=O)c3ccccn3)n2)n1. The molecule has 0 radical (unpaired) electrons. The van der Waals surface area contributed by atoms with Crippen molar-refractivity contribution in [1.82, 2.24) is 15.0 Å². The molecule has 0 bridgehead atoms. The number of aryl methyl sites for hydroxylation is 1. The molecule has 112 valence electrons. The summed E-state index contributed by atoms with van der Waals surface area (Å²) < 4.78 is 0. The highest BCUT2D eigenvalue weighted by Crippen LogP contribution is 2.16. The van der Waals surface area contributed by atoms with Crippen molar-refractivity contribution in [3.05, 3.63) is 77.9 Å². The minimum absolute atomic E-state index is 0.0847. The topological polar surface area (TPSA) is 72.8 Å². The average Bonchev–Trinajstić information content (AvgIpc) is 2.61. The van der Waals surface area contributed by atoms with E-state index in [1.54, 1.807) is 24.3 Å². The summed E-state index contributed by atoms with van der Waals surface area (Å²) in [4.78, 5) is 37.1. The van der Waals surface area contributed by atoms with Crippen LogP contribution < -0.4 is 0 Å². The van der Waals surface area contributed by atoms with Gasteiger partial charge in [-0.15, -0.1) is 0 Å². The van der Waals surface area contributed by atoms with Crippen LogP contribution in [0.3, 0.4) is 0 Å². The molecule has 0 aromatic carbocycles. The van der Waals surface area contributed by atoms with Crippen LogP contribution in [0.25, 0.3) is 11.4 Å². The first-order chi connectivity index (χ1) is 11.1. The van der Waals surface area contributed by atoms with Crippen molar-refractivity contribution in [3.63, 3.8) is 0 Å². The Balaban J connectivity index is 1.94. The monoisotopic (exact) mass is 303 g/mol. The van der Waals surface area contributed by atoms with E-state index in [0.29, 0.717) is 11.4 Å². The van der Waals surface area contributed by atoms with E-state index >= 15 is 0 Å². The molecule has 0 atom stereocenters. The van der Waals surface area contributed by atoms with Gasteiger partial charge in [0.2, 0.25) is 0 Å². The number of carbonyl (C=O) groups is 2. The normalized spacial score (nSPS) is 10.3. The van der Waals surface area contributed by atoms with E-state index in [9.17, 15) is 9.59 Å². The lowest BCUT2D eigenvalue weighted by atomic mass is 10.1. The molecule has 0 saturated heterocycles. The summed E-state index contributed by atoms with van der Waals surface area (Å²) in [6.07, 6.45) is 1.47. The highest BCUT2D eigenvalue weighted by Gasteiger charge is 2.21. The van der Waals surface area contributed by atoms with E-state index < -0.39 is 11.6 Å². The Labute approximate surface area is 133 Å². The largest absolute Gasteiger partial charge is 0.283 e. The third kappa shape index (κ3) is 3.18. The fraction of sp³-hybridized carbons (Fsp3) is 0.0556. The molecule has 23 heavy (non-hydrogen) atoms. The zero-order chi connectivity index (χ0) is 16.2. The molecule has 0 saturated carbocycles. The molecule has 0 aliphatic carbocycles. The zero-order valence-corrected chi connectivity index (χ0v) is 12.4. The number of carbonyl (C=O) groups excluding carboxylic acids is 2. The highest BCUT2D eigenvalue weighted by atomic mass is 16.2. The number of Topliss-reactive ketones (excluding diaryl/α,β-unsaturated/α-hetero) is 2. The van der Waals surface area contributed by atoms with Gasteiger partial charge in [-0.1, -0.05) is 18.2 Å². The summed E-state index contributed by atoms with van der Waals surface area (Å²) in [5, 5.41) is 0. The Morgan fingerprint density at radius 2 is 1.39 bits per heavy atom. The van der Waals surface area contributed by atoms with Crippen LogP contribution >= 0.6 is 0 Å². The van der Waals surface area contributed by atoms with Gasteiger partial charge in [0.05, 0.1) is 11.4 Å². The summed E-state index contributed by atoms with van der Waals surface area (Å²) in [7, 11) is 0. The third-order valence-electron chi connectivity index (χ3n) is 3.24. The second-order valence-electron chi connectivity index (χ2n) is 4.95. The van der Waals surface area contributed by atoms with Gasteiger partial charge in [0.25, 0.3) is 11.6 Å². The molecule has 0 unspecified atom stereocenters. The smallest absolute Gasteiger partial charge is 0.253 e. The maximum atomic E-state index is 12.3. The second-order valence-corrected chi connectivity index (χ2v) is 4.95. The van der Waals surface area contributed by atoms with Crippen molar-refractivity contribution in [1.29, 1.82) is 0 Å². The number of nitrogens with zero attached hydrogens (tertiary/aromatic N) is 3. The Morgan fingerprint density at radius 1 is 0.739 bits per heavy atom. The lowest BCUT2D eigenvalue weighted by molar-refractivity contribution is 0.0811. The molecule has 5 heteroatoms. The highest BCUT2D eigenvalue weighted by molar-refractivity contribution is 6.48. The first-order valence-electron chi connectivity index (χ1n) is 7.06. The lowest BCUT2D eigenvalue weighted by Crippen LogP contribution is -2.17. The van der Waals surface area contributed by atoms with Crippen LogP contribution in [0.5, 0.6) is 0 Å². The quantitative estimate of drug-likeness (QED) is 0.547. The van der Waals surface area contributed by atoms with Gasteiger partial charge in [0.15, 0.2) is 0 Å². The van der Waals surface area contributed by atoms with E-state index in [4.69, 9.17) is 0 Å². The zero-order valence-electron chi connectivity index (χ0n) is 12.4. The van der Waals surface area contributed by atoms with E-state index in [1.807, 2.05) is 25.1 Å². The molecule has 0 aliphatic heterocycles. The fourth-order valence-electron chi connectivity index (χ4n) is 2.12. The van der Waals surface area contributed by atoms with Crippen molar-refractivity contribution in [2.75, 3.05) is 0 Å². The summed E-state index contributed by atoms with van der Waals surface area (Å²) in [5.41, 5.74) is 2.25. The number of ketones is 2. The van der Waals surface area contributed by atoms with Crippen LogP contribution in [0, 0.1) is 6.92 Å². The van der Waals surface area contributed by atoms with Gasteiger partial charge >= 0.3 is 0 Å². The van der Waals surface area contributed by atoms with Gasteiger partial charge in [-0.3, -0.25) is 19.6 Å². The Morgan fingerprint density at radius 3 is 2.09 bits per heavy atom. The van der Waals surface area contributed by atoms with Crippen LogP contribution in [-0.2, 0) is 0 Å². The van der Waals surface area contributed by atoms with Gasteiger partial charge in [0, 0.05) is 11.9 Å². The molecule has 3 heterocycles. The molecule has 0 N–H and O–H groups in total. The predicted molar refractivity (Wildman–Crippen MR) is 85.1 cm³/mol. The Hall–Kier alpha value is -3.21.